The molecule has 1 aromatic rings. The van der Waals surface area contributed by atoms with Crippen LogP contribution in [-0.4, -0.2) is 25.4 Å². The van der Waals surface area contributed by atoms with E-state index in [0.29, 0.717) is 5.76 Å². The van der Waals surface area contributed by atoms with Crippen LogP contribution < -0.4 is 0 Å². The first-order valence-electron chi connectivity index (χ1n) is 4.74. The molecule has 0 saturated heterocycles. The third kappa shape index (κ3) is 4.31. The van der Waals surface area contributed by atoms with Gasteiger partial charge in [0.1, 0.15) is 5.76 Å². The number of allylic oxidation sites excluding steroid dienone is 1. The van der Waals surface area contributed by atoms with E-state index < -0.39 is 0 Å². The van der Waals surface area contributed by atoms with Gasteiger partial charge in [0.15, 0.2) is 0 Å². The van der Waals surface area contributed by atoms with Gasteiger partial charge >= 0.3 is 0 Å². The second-order valence-corrected chi connectivity index (χ2v) is 3.22. The molecule has 0 fully saturated rings. The highest BCUT2D eigenvalue weighted by molar-refractivity contribution is 5.74. The topological polar surface area (TPSA) is 24.8 Å². The molecule has 0 aliphatic heterocycles. The molecule has 0 atom stereocenters. The zero-order valence-corrected chi connectivity index (χ0v) is 9.18. The van der Waals surface area contributed by atoms with Gasteiger partial charge in [0.05, 0.1) is 19.9 Å². The standard InChI is InChI=1S/C12H16N2O/c1-11(15-3)9-13-14(2)10-12-7-5-4-6-8-12/h4-9H,1,10H2,2-3H3/b13-9-. The van der Waals surface area contributed by atoms with Crippen molar-refractivity contribution >= 4 is 6.21 Å². The molecule has 0 aliphatic rings. The Kier molecular flexibility index (Phi) is 4.41. The summed E-state index contributed by atoms with van der Waals surface area (Å²) in [6.07, 6.45) is 1.60. The molecule has 0 N–H and O–H groups in total. The van der Waals surface area contributed by atoms with Gasteiger partial charge in [-0.1, -0.05) is 36.9 Å². The van der Waals surface area contributed by atoms with Crippen LogP contribution in [0.1, 0.15) is 5.56 Å². The summed E-state index contributed by atoms with van der Waals surface area (Å²) in [7, 11) is 3.48. The lowest BCUT2D eigenvalue weighted by molar-refractivity contribution is 0.311. The maximum absolute atomic E-state index is 4.88. The fourth-order valence-corrected chi connectivity index (χ4v) is 1.10. The van der Waals surface area contributed by atoms with E-state index in [0.717, 1.165) is 6.54 Å². The van der Waals surface area contributed by atoms with E-state index in [1.165, 1.54) is 5.56 Å². The summed E-state index contributed by atoms with van der Waals surface area (Å²) in [4.78, 5) is 0. The van der Waals surface area contributed by atoms with E-state index >= 15 is 0 Å². The third-order valence-electron chi connectivity index (χ3n) is 1.92. The van der Waals surface area contributed by atoms with Gasteiger partial charge in [-0.15, -0.1) is 0 Å². The van der Waals surface area contributed by atoms with Crippen LogP contribution in [-0.2, 0) is 11.3 Å². The Labute approximate surface area is 90.7 Å². The molecule has 1 rings (SSSR count). The van der Waals surface area contributed by atoms with E-state index in [1.807, 2.05) is 30.3 Å². The number of hydrazone groups is 1. The molecular formula is C12H16N2O. The van der Waals surface area contributed by atoms with Crippen molar-refractivity contribution < 1.29 is 4.74 Å². The van der Waals surface area contributed by atoms with Crippen molar-refractivity contribution in [1.82, 2.24) is 5.01 Å². The lowest BCUT2D eigenvalue weighted by Gasteiger charge is -2.12. The van der Waals surface area contributed by atoms with Gasteiger partial charge in [0.25, 0.3) is 0 Å². The van der Waals surface area contributed by atoms with Gasteiger partial charge in [-0.25, -0.2) is 0 Å². The fourth-order valence-electron chi connectivity index (χ4n) is 1.10. The second kappa shape index (κ2) is 5.86. The normalized spacial score (nSPS) is 10.3. The predicted octanol–water partition coefficient (Wildman–Crippen LogP) is 2.26. The van der Waals surface area contributed by atoms with Crippen LogP contribution >= 0.6 is 0 Å². The molecule has 1 aromatic carbocycles. The van der Waals surface area contributed by atoms with Crippen LogP contribution in [0.2, 0.25) is 0 Å². The fraction of sp³-hybridized carbons (Fsp3) is 0.250. The Bertz CT molecular complexity index is 333. The molecule has 0 aromatic heterocycles. The number of benzene rings is 1. The van der Waals surface area contributed by atoms with Crippen molar-refractivity contribution in [1.29, 1.82) is 0 Å². The molecule has 0 unspecified atom stereocenters. The van der Waals surface area contributed by atoms with Gasteiger partial charge in [-0.05, 0) is 5.56 Å². The minimum absolute atomic E-state index is 0.551. The van der Waals surface area contributed by atoms with Crippen LogP contribution in [0.3, 0.4) is 0 Å². The maximum atomic E-state index is 4.88. The van der Waals surface area contributed by atoms with E-state index in [1.54, 1.807) is 13.3 Å². The third-order valence-corrected chi connectivity index (χ3v) is 1.92. The summed E-state index contributed by atoms with van der Waals surface area (Å²) < 4.78 is 4.88. The number of rotatable bonds is 5. The second-order valence-electron chi connectivity index (χ2n) is 3.22. The molecule has 0 radical (unpaired) electrons. The molecule has 15 heavy (non-hydrogen) atoms. The largest absolute Gasteiger partial charge is 0.496 e. The molecule has 3 nitrogen and oxygen atoms in total. The van der Waals surface area contributed by atoms with Crippen molar-refractivity contribution in [2.75, 3.05) is 14.2 Å². The Morgan fingerprint density at radius 1 is 1.47 bits per heavy atom. The first kappa shape index (κ1) is 11.3. The highest BCUT2D eigenvalue weighted by Crippen LogP contribution is 2.02. The Morgan fingerprint density at radius 2 is 2.13 bits per heavy atom. The highest BCUT2D eigenvalue weighted by Gasteiger charge is 1.94. The van der Waals surface area contributed by atoms with Crippen molar-refractivity contribution in [3.8, 4) is 0 Å². The first-order valence-corrected chi connectivity index (χ1v) is 4.74. The van der Waals surface area contributed by atoms with Crippen molar-refractivity contribution in [2.24, 2.45) is 5.10 Å². The van der Waals surface area contributed by atoms with Crippen LogP contribution in [0.5, 0.6) is 0 Å². The monoisotopic (exact) mass is 204 g/mol. The first-order chi connectivity index (χ1) is 7.22. The number of hydrogen-bond acceptors (Lipinski definition) is 3. The molecule has 3 heteroatoms. The zero-order valence-electron chi connectivity index (χ0n) is 9.18. The number of hydrogen-bond donors (Lipinski definition) is 0. The van der Waals surface area contributed by atoms with Crippen molar-refractivity contribution in [3.05, 3.63) is 48.2 Å². The van der Waals surface area contributed by atoms with Crippen molar-refractivity contribution in [3.63, 3.8) is 0 Å². The molecule has 80 valence electrons. The lowest BCUT2D eigenvalue weighted by Crippen LogP contribution is -2.10. The van der Waals surface area contributed by atoms with Crippen LogP contribution in [0, 0.1) is 0 Å². The minimum atomic E-state index is 0.551. The number of nitrogens with zero attached hydrogens (tertiary/aromatic N) is 2. The molecule has 0 aliphatic carbocycles. The quantitative estimate of drug-likeness (QED) is 0.417. The maximum Gasteiger partial charge on any atom is 0.131 e. The predicted molar refractivity (Wildman–Crippen MR) is 62.6 cm³/mol. The molecule has 0 spiro atoms. The Balaban J connectivity index is 2.46. The van der Waals surface area contributed by atoms with Gasteiger partial charge in [0.2, 0.25) is 0 Å². The van der Waals surface area contributed by atoms with Gasteiger partial charge in [-0.2, -0.15) is 5.10 Å². The summed E-state index contributed by atoms with van der Waals surface area (Å²) in [5, 5.41) is 6.01. The van der Waals surface area contributed by atoms with E-state index in [4.69, 9.17) is 4.74 Å². The summed E-state index contributed by atoms with van der Waals surface area (Å²) in [5.41, 5.74) is 1.22. The molecule has 0 bridgehead atoms. The Hall–Kier alpha value is -1.77. The summed E-state index contributed by atoms with van der Waals surface area (Å²) >= 11 is 0. The van der Waals surface area contributed by atoms with Gasteiger partial charge in [-0.3, -0.25) is 5.01 Å². The highest BCUT2D eigenvalue weighted by atomic mass is 16.5. The lowest BCUT2D eigenvalue weighted by atomic mass is 10.2. The molecule has 0 heterocycles. The molecule has 0 amide bonds. The number of ether oxygens (including phenoxy) is 1. The average Bonchev–Trinajstić information content (AvgIpc) is 2.27. The molecule has 0 saturated carbocycles. The van der Waals surface area contributed by atoms with Crippen LogP contribution in [0.15, 0.2) is 47.8 Å². The smallest absolute Gasteiger partial charge is 0.131 e. The summed E-state index contributed by atoms with van der Waals surface area (Å²) in [5.74, 6) is 0.551. The van der Waals surface area contributed by atoms with Crippen molar-refractivity contribution in [2.45, 2.75) is 6.54 Å². The van der Waals surface area contributed by atoms with Crippen LogP contribution in [0.4, 0.5) is 0 Å². The Morgan fingerprint density at radius 3 is 2.73 bits per heavy atom. The van der Waals surface area contributed by atoms with Gasteiger partial charge in [0, 0.05) is 7.05 Å². The van der Waals surface area contributed by atoms with Gasteiger partial charge < -0.3 is 4.74 Å². The summed E-state index contributed by atoms with van der Waals surface area (Å²) in [6.45, 7) is 4.43. The molecular weight excluding hydrogens is 188 g/mol. The number of methoxy groups -OCH3 is 1. The summed E-state index contributed by atoms with van der Waals surface area (Å²) in [6, 6.07) is 10.2. The van der Waals surface area contributed by atoms with E-state index in [9.17, 15) is 0 Å². The average molecular weight is 204 g/mol. The SMILES string of the molecule is C=C(/C=N\N(C)Cc1ccccc1)OC. The minimum Gasteiger partial charge on any atom is -0.496 e. The zero-order chi connectivity index (χ0) is 11.1. The van der Waals surface area contributed by atoms with E-state index in [2.05, 4.69) is 23.8 Å². The van der Waals surface area contributed by atoms with E-state index in [-0.39, 0.29) is 0 Å². The van der Waals surface area contributed by atoms with Crippen LogP contribution in [0.25, 0.3) is 0 Å².